The topological polar surface area (TPSA) is 81.0 Å². The van der Waals surface area contributed by atoms with Gasteiger partial charge in [0, 0.05) is 25.2 Å². The van der Waals surface area contributed by atoms with Gasteiger partial charge in [0.15, 0.2) is 4.80 Å². The number of allylic oxidation sites excluding steroid dienone is 1. The van der Waals surface area contributed by atoms with Gasteiger partial charge in [0.25, 0.3) is 5.91 Å². The van der Waals surface area contributed by atoms with Gasteiger partial charge in [-0.15, -0.1) is 6.58 Å². The van der Waals surface area contributed by atoms with Crippen molar-refractivity contribution in [2.75, 3.05) is 20.2 Å². The van der Waals surface area contributed by atoms with Crippen LogP contribution in [0.5, 0.6) is 5.75 Å². The van der Waals surface area contributed by atoms with Gasteiger partial charge >= 0.3 is 0 Å². The van der Waals surface area contributed by atoms with E-state index in [1.54, 1.807) is 13.2 Å². The average molecular weight is 486 g/mol. The molecule has 0 spiro atoms. The number of aromatic nitrogens is 1. The number of nitrogens with zero attached hydrogens (tertiary/aromatic N) is 3. The van der Waals surface area contributed by atoms with Crippen molar-refractivity contribution in [3.63, 3.8) is 0 Å². The van der Waals surface area contributed by atoms with E-state index in [0.29, 0.717) is 41.7 Å². The van der Waals surface area contributed by atoms with Gasteiger partial charge in [0.1, 0.15) is 11.3 Å². The quantitative estimate of drug-likeness (QED) is 0.493. The molecule has 1 atom stereocenters. The highest BCUT2D eigenvalue weighted by molar-refractivity contribution is 7.89. The molecular weight excluding hydrogens is 458 g/mol. The van der Waals surface area contributed by atoms with Gasteiger partial charge in [-0.05, 0) is 55.2 Å². The Morgan fingerprint density at radius 2 is 2.03 bits per heavy atom. The predicted molar refractivity (Wildman–Crippen MR) is 130 cm³/mol. The Balaban J connectivity index is 1.66. The number of piperidine rings is 1. The maximum atomic E-state index is 13.0. The van der Waals surface area contributed by atoms with Gasteiger partial charge in [-0.25, -0.2) is 8.42 Å². The third-order valence-corrected chi connectivity index (χ3v) is 8.67. The van der Waals surface area contributed by atoms with Crippen molar-refractivity contribution >= 4 is 37.5 Å². The molecule has 1 fully saturated rings. The fraction of sp³-hybridized carbons (Fsp3) is 0.333. The molecule has 1 saturated heterocycles. The lowest BCUT2D eigenvalue weighted by molar-refractivity contribution is 0.0997. The lowest BCUT2D eigenvalue weighted by Gasteiger charge is -2.30. The van der Waals surface area contributed by atoms with E-state index in [0.717, 1.165) is 23.1 Å². The first-order chi connectivity index (χ1) is 15.8. The number of hydrogen-bond donors (Lipinski definition) is 0. The van der Waals surface area contributed by atoms with Crippen LogP contribution in [0.4, 0.5) is 0 Å². The molecule has 0 bridgehead atoms. The Hall–Kier alpha value is -2.75. The number of hydrogen-bond acceptors (Lipinski definition) is 5. The van der Waals surface area contributed by atoms with Gasteiger partial charge < -0.3 is 9.30 Å². The number of para-hydroxylation sites is 1. The zero-order valence-electron chi connectivity index (χ0n) is 18.7. The van der Waals surface area contributed by atoms with Gasteiger partial charge in [0.2, 0.25) is 10.0 Å². The number of methoxy groups -OCH3 is 1. The van der Waals surface area contributed by atoms with Crippen molar-refractivity contribution in [1.82, 2.24) is 8.87 Å². The van der Waals surface area contributed by atoms with Crippen LogP contribution in [-0.4, -0.2) is 43.4 Å². The molecule has 2 heterocycles. The van der Waals surface area contributed by atoms with Gasteiger partial charge in [-0.2, -0.15) is 9.30 Å². The van der Waals surface area contributed by atoms with E-state index in [1.807, 2.05) is 22.8 Å². The Bertz CT molecular complexity index is 1350. The Morgan fingerprint density at radius 3 is 2.70 bits per heavy atom. The van der Waals surface area contributed by atoms with Crippen LogP contribution < -0.4 is 9.54 Å². The molecule has 0 saturated carbocycles. The zero-order valence-corrected chi connectivity index (χ0v) is 20.4. The summed E-state index contributed by atoms with van der Waals surface area (Å²) >= 11 is 1.39. The lowest BCUT2D eigenvalue weighted by Crippen LogP contribution is -2.39. The molecule has 0 aliphatic carbocycles. The number of carbonyl (C=O) groups is 1. The van der Waals surface area contributed by atoms with E-state index in [9.17, 15) is 13.2 Å². The van der Waals surface area contributed by atoms with Crippen LogP contribution in [0.15, 0.2) is 65.0 Å². The zero-order chi connectivity index (χ0) is 23.6. The summed E-state index contributed by atoms with van der Waals surface area (Å²) in [5, 5.41) is 0. The van der Waals surface area contributed by atoms with Crippen LogP contribution >= 0.6 is 11.3 Å². The number of amides is 1. The summed E-state index contributed by atoms with van der Waals surface area (Å²) in [5.41, 5.74) is 1.18. The lowest BCUT2D eigenvalue weighted by atomic mass is 10.0. The van der Waals surface area contributed by atoms with Crippen molar-refractivity contribution in [2.24, 2.45) is 10.9 Å². The molecule has 9 heteroatoms. The van der Waals surface area contributed by atoms with Gasteiger partial charge in [-0.1, -0.05) is 30.4 Å². The second kappa shape index (κ2) is 9.62. The highest BCUT2D eigenvalue weighted by atomic mass is 32.2. The maximum Gasteiger partial charge on any atom is 0.279 e. The molecule has 33 heavy (non-hydrogen) atoms. The van der Waals surface area contributed by atoms with Gasteiger partial charge in [0.05, 0.1) is 16.7 Å². The van der Waals surface area contributed by atoms with Crippen LogP contribution in [0, 0.1) is 5.92 Å². The first-order valence-electron chi connectivity index (χ1n) is 10.8. The van der Waals surface area contributed by atoms with Crippen molar-refractivity contribution in [1.29, 1.82) is 0 Å². The fourth-order valence-electron chi connectivity index (χ4n) is 4.08. The van der Waals surface area contributed by atoms with Crippen molar-refractivity contribution in [3.8, 4) is 5.75 Å². The first-order valence-corrected chi connectivity index (χ1v) is 13.1. The van der Waals surface area contributed by atoms with Gasteiger partial charge in [-0.3, -0.25) is 4.79 Å². The second-order valence-corrected chi connectivity index (χ2v) is 11.1. The van der Waals surface area contributed by atoms with E-state index in [1.165, 1.54) is 39.9 Å². The molecule has 1 aromatic heterocycles. The fourth-order valence-corrected chi connectivity index (χ4v) is 6.73. The SMILES string of the molecule is C=CCn1c(=NC(=O)c2ccc(S(=O)(=O)N3CCCC(C)C3)cc2)sc2cccc(OC)c21. The van der Waals surface area contributed by atoms with Crippen LogP contribution in [0.2, 0.25) is 0 Å². The number of benzene rings is 2. The summed E-state index contributed by atoms with van der Waals surface area (Å²) in [5.74, 6) is 0.602. The molecule has 4 rings (SSSR count). The highest BCUT2D eigenvalue weighted by Gasteiger charge is 2.28. The molecular formula is C24H27N3O4S2. The molecule has 0 radical (unpaired) electrons. The second-order valence-electron chi connectivity index (χ2n) is 8.14. The largest absolute Gasteiger partial charge is 0.495 e. The van der Waals surface area contributed by atoms with E-state index in [2.05, 4.69) is 18.5 Å². The summed E-state index contributed by atoms with van der Waals surface area (Å²) in [6, 6.07) is 11.7. The van der Waals surface area contributed by atoms with Crippen molar-refractivity contribution in [2.45, 2.75) is 31.2 Å². The summed E-state index contributed by atoms with van der Waals surface area (Å²) in [6.07, 6.45) is 3.64. The molecule has 1 aliphatic rings. The minimum Gasteiger partial charge on any atom is -0.495 e. The van der Waals surface area contributed by atoms with Crippen LogP contribution in [0.25, 0.3) is 10.2 Å². The minimum atomic E-state index is -3.57. The van der Waals surface area contributed by atoms with E-state index in [-0.39, 0.29) is 4.90 Å². The third kappa shape index (κ3) is 4.66. The van der Waals surface area contributed by atoms with E-state index < -0.39 is 15.9 Å². The highest BCUT2D eigenvalue weighted by Crippen LogP contribution is 2.27. The smallest absolute Gasteiger partial charge is 0.279 e. The molecule has 1 unspecified atom stereocenters. The number of thiazole rings is 1. The minimum absolute atomic E-state index is 0.196. The number of rotatable bonds is 6. The number of fused-ring (bicyclic) bond motifs is 1. The average Bonchev–Trinajstić information content (AvgIpc) is 3.16. The number of ether oxygens (including phenoxy) is 1. The third-order valence-electron chi connectivity index (χ3n) is 5.75. The summed E-state index contributed by atoms with van der Waals surface area (Å²) < 4.78 is 35.8. The summed E-state index contributed by atoms with van der Waals surface area (Å²) in [6.45, 7) is 7.39. The predicted octanol–water partition coefficient (Wildman–Crippen LogP) is 4.06. The van der Waals surface area contributed by atoms with E-state index >= 15 is 0 Å². The van der Waals surface area contributed by atoms with Crippen LogP contribution in [0.3, 0.4) is 0 Å². The normalized spacial score (nSPS) is 17.9. The number of sulfonamides is 1. The molecule has 7 nitrogen and oxygen atoms in total. The van der Waals surface area contributed by atoms with Crippen LogP contribution in [-0.2, 0) is 16.6 Å². The molecule has 174 valence electrons. The molecule has 1 aliphatic heterocycles. The molecule has 3 aromatic rings. The standard InChI is InChI=1S/C24H27N3O4S2/c1-4-14-27-22-20(31-3)8-5-9-21(22)32-24(27)25-23(28)18-10-12-19(13-11-18)33(29,30)26-15-6-7-17(2)16-26/h4-5,8-13,17H,1,6-7,14-16H2,2-3H3. The molecule has 2 aromatic carbocycles. The Kier molecular flexibility index (Phi) is 6.83. The Labute approximate surface area is 197 Å². The monoisotopic (exact) mass is 485 g/mol. The maximum absolute atomic E-state index is 13.0. The van der Waals surface area contributed by atoms with Crippen molar-refractivity contribution in [3.05, 3.63) is 65.5 Å². The summed E-state index contributed by atoms with van der Waals surface area (Å²) in [7, 11) is -1.97. The first kappa shape index (κ1) is 23.4. The van der Waals surface area contributed by atoms with Crippen molar-refractivity contribution < 1.29 is 17.9 Å². The molecule has 0 N–H and O–H groups in total. The van der Waals surface area contributed by atoms with E-state index in [4.69, 9.17) is 4.74 Å². The summed E-state index contributed by atoms with van der Waals surface area (Å²) in [4.78, 5) is 18.0. The molecule has 1 amide bonds. The number of carbonyl (C=O) groups excluding carboxylic acids is 1. The Morgan fingerprint density at radius 1 is 1.27 bits per heavy atom. The van der Waals surface area contributed by atoms with Crippen LogP contribution in [0.1, 0.15) is 30.1 Å².